The average Bonchev–Trinajstić information content (AvgIpc) is 2.26. The third-order valence-electron chi connectivity index (χ3n) is 2.62. The molecule has 4 heteroatoms. The summed E-state index contributed by atoms with van der Waals surface area (Å²) in [5.74, 6) is 1.19. The third-order valence-corrected chi connectivity index (χ3v) is 3.26. The zero-order chi connectivity index (χ0) is 12.0. The van der Waals surface area contributed by atoms with Gasteiger partial charge in [-0.1, -0.05) is 0 Å². The molecule has 0 radical (unpaired) electrons. The van der Waals surface area contributed by atoms with E-state index in [0.29, 0.717) is 6.04 Å². The van der Waals surface area contributed by atoms with E-state index in [9.17, 15) is 0 Å². The van der Waals surface area contributed by atoms with E-state index in [0.717, 1.165) is 11.4 Å². The molecule has 0 fully saturated rings. The van der Waals surface area contributed by atoms with Crippen molar-refractivity contribution in [3.8, 4) is 0 Å². The second-order valence-electron chi connectivity index (χ2n) is 4.10. The highest BCUT2D eigenvalue weighted by molar-refractivity contribution is 7.98. The van der Waals surface area contributed by atoms with Crippen molar-refractivity contribution in [2.75, 3.05) is 12.0 Å². The van der Waals surface area contributed by atoms with Gasteiger partial charge >= 0.3 is 0 Å². The molecule has 0 aliphatic rings. The summed E-state index contributed by atoms with van der Waals surface area (Å²) in [5.41, 5.74) is 2.07. The first-order valence-corrected chi connectivity index (χ1v) is 7.07. The molecule has 0 bridgehead atoms. The Hall–Kier alpha value is -0.610. The Morgan fingerprint density at radius 2 is 2.00 bits per heavy atom. The summed E-state index contributed by atoms with van der Waals surface area (Å²) in [4.78, 5) is 8.64. The first kappa shape index (κ1) is 13.5. The van der Waals surface area contributed by atoms with Crippen LogP contribution in [-0.2, 0) is 0 Å². The molecule has 1 aromatic heterocycles. The molecule has 0 aliphatic carbocycles. The van der Waals surface area contributed by atoms with E-state index in [1.165, 1.54) is 12.2 Å². The second kappa shape index (κ2) is 6.86. The van der Waals surface area contributed by atoms with E-state index in [4.69, 9.17) is 0 Å². The van der Waals surface area contributed by atoms with Crippen LogP contribution in [0, 0.1) is 6.92 Å². The van der Waals surface area contributed by atoms with Crippen LogP contribution in [-0.4, -0.2) is 28.0 Å². The van der Waals surface area contributed by atoms with Crippen LogP contribution in [0.25, 0.3) is 0 Å². The lowest BCUT2D eigenvalue weighted by Gasteiger charge is -2.20. The van der Waals surface area contributed by atoms with Gasteiger partial charge in [-0.3, -0.25) is 9.97 Å². The summed E-state index contributed by atoms with van der Waals surface area (Å²) < 4.78 is 0. The maximum atomic E-state index is 4.38. The van der Waals surface area contributed by atoms with Crippen LogP contribution >= 0.6 is 11.8 Å². The normalized spacial score (nSPS) is 14.8. The van der Waals surface area contributed by atoms with Crippen molar-refractivity contribution in [2.24, 2.45) is 0 Å². The van der Waals surface area contributed by atoms with Gasteiger partial charge in [0, 0.05) is 24.5 Å². The molecule has 2 unspecified atom stereocenters. The lowest BCUT2D eigenvalue weighted by molar-refractivity contribution is 0.462. The minimum Gasteiger partial charge on any atom is -0.306 e. The fourth-order valence-electron chi connectivity index (χ4n) is 1.73. The minimum atomic E-state index is 0.269. The Morgan fingerprint density at radius 1 is 1.31 bits per heavy atom. The van der Waals surface area contributed by atoms with Gasteiger partial charge in [0.25, 0.3) is 0 Å². The fraction of sp³-hybridized carbons (Fsp3) is 0.667. The molecule has 1 heterocycles. The lowest BCUT2D eigenvalue weighted by Crippen LogP contribution is -2.30. The number of aromatic nitrogens is 2. The Morgan fingerprint density at radius 3 is 2.62 bits per heavy atom. The molecular formula is C12H21N3S. The zero-order valence-corrected chi connectivity index (χ0v) is 11.3. The van der Waals surface area contributed by atoms with Gasteiger partial charge in [-0.05, 0) is 39.2 Å². The smallest absolute Gasteiger partial charge is 0.0782 e. The zero-order valence-electron chi connectivity index (χ0n) is 10.5. The van der Waals surface area contributed by atoms with Crippen LogP contribution in [0.4, 0.5) is 0 Å². The van der Waals surface area contributed by atoms with Gasteiger partial charge in [0.05, 0.1) is 11.4 Å². The number of hydrogen-bond donors (Lipinski definition) is 1. The van der Waals surface area contributed by atoms with E-state index >= 15 is 0 Å². The van der Waals surface area contributed by atoms with Gasteiger partial charge < -0.3 is 5.32 Å². The van der Waals surface area contributed by atoms with Gasteiger partial charge in [0.15, 0.2) is 0 Å². The highest BCUT2D eigenvalue weighted by Crippen LogP contribution is 2.13. The SMILES string of the molecule is CSCCC(C)NC(C)c1nccnc1C. The van der Waals surface area contributed by atoms with Crippen molar-refractivity contribution in [1.29, 1.82) is 0 Å². The molecule has 3 nitrogen and oxygen atoms in total. The van der Waals surface area contributed by atoms with Crippen molar-refractivity contribution in [3.05, 3.63) is 23.8 Å². The van der Waals surface area contributed by atoms with Gasteiger partial charge in [-0.15, -0.1) is 0 Å². The summed E-state index contributed by atoms with van der Waals surface area (Å²) in [5, 5.41) is 3.56. The number of hydrogen-bond acceptors (Lipinski definition) is 4. The monoisotopic (exact) mass is 239 g/mol. The molecule has 0 aromatic carbocycles. The Bertz CT molecular complexity index is 317. The summed E-state index contributed by atoms with van der Waals surface area (Å²) >= 11 is 1.89. The van der Waals surface area contributed by atoms with Crippen molar-refractivity contribution >= 4 is 11.8 Å². The maximum absolute atomic E-state index is 4.38. The standard InChI is InChI=1S/C12H21N3S/c1-9(5-8-16-4)15-11(3)12-10(2)13-6-7-14-12/h6-7,9,11,15H,5,8H2,1-4H3. The van der Waals surface area contributed by atoms with E-state index in [1.807, 2.05) is 18.7 Å². The third kappa shape index (κ3) is 4.10. The van der Waals surface area contributed by atoms with Crippen LogP contribution in [0.15, 0.2) is 12.4 Å². The Balaban J connectivity index is 2.52. The molecule has 2 atom stereocenters. The number of rotatable bonds is 6. The van der Waals surface area contributed by atoms with Gasteiger partial charge in [-0.25, -0.2) is 0 Å². The largest absolute Gasteiger partial charge is 0.306 e. The lowest BCUT2D eigenvalue weighted by atomic mass is 10.1. The molecule has 0 amide bonds. The molecule has 90 valence electrons. The topological polar surface area (TPSA) is 37.8 Å². The second-order valence-corrected chi connectivity index (χ2v) is 5.08. The Labute approximate surface area is 102 Å². The van der Waals surface area contributed by atoms with E-state index in [2.05, 4.69) is 35.4 Å². The van der Waals surface area contributed by atoms with Crippen LogP contribution < -0.4 is 5.32 Å². The maximum Gasteiger partial charge on any atom is 0.0782 e. The fourth-order valence-corrected chi connectivity index (χ4v) is 2.32. The number of aryl methyl sites for hydroxylation is 1. The molecule has 0 saturated carbocycles. The predicted octanol–water partition coefficient (Wildman–Crippen LogP) is 2.58. The predicted molar refractivity (Wildman–Crippen MR) is 70.8 cm³/mol. The summed E-state index contributed by atoms with van der Waals surface area (Å²) in [6.45, 7) is 6.37. The molecule has 0 aliphatic heterocycles. The van der Waals surface area contributed by atoms with Crippen molar-refractivity contribution in [1.82, 2.24) is 15.3 Å². The summed E-state index contributed by atoms with van der Waals surface area (Å²) in [6, 6.07) is 0.786. The number of nitrogens with one attached hydrogen (secondary N) is 1. The minimum absolute atomic E-state index is 0.269. The van der Waals surface area contributed by atoms with Crippen molar-refractivity contribution in [3.63, 3.8) is 0 Å². The van der Waals surface area contributed by atoms with Gasteiger partial charge in [-0.2, -0.15) is 11.8 Å². The first-order valence-electron chi connectivity index (χ1n) is 5.67. The van der Waals surface area contributed by atoms with Crippen LogP contribution in [0.3, 0.4) is 0 Å². The molecule has 0 spiro atoms. The van der Waals surface area contributed by atoms with E-state index < -0.39 is 0 Å². The molecule has 1 aromatic rings. The summed E-state index contributed by atoms with van der Waals surface area (Å²) in [6.07, 6.45) is 6.82. The first-order chi connectivity index (χ1) is 7.65. The number of nitrogens with zero attached hydrogens (tertiary/aromatic N) is 2. The molecule has 0 saturated heterocycles. The van der Waals surface area contributed by atoms with Crippen LogP contribution in [0.5, 0.6) is 0 Å². The van der Waals surface area contributed by atoms with Gasteiger partial charge in [0.1, 0.15) is 0 Å². The average molecular weight is 239 g/mol. The van der Waals surface area contributed by atoms with Crippen molar-refractivity contribution in [2.45, 2.75) is 39.3 Å². The molecular weight excluding hydrogens is 218 g/mol. The highest BCUT2D eigenvalue weighted by atomic mass is 32.2. The van der Waals surface area contributed by atoms with Crippen LogP contribution in [0.2, 0.25) is 0 Å². The Kier molecular flexibility index (Phi) is 5.77. The molecule has 16 heavy (non-hydrogen) atoms. The van der Waals surface area contributed by atoms with Gasteiger partial charge in [0.2, 0.25) is 0 Å². The molecule has 1 N–H and O–H groups in total. The molecule has 1 rings (SSSR count). The summed E-state index contributed by atoms with van der Waals surface area (Å²) in [7, 11) is 0. The number of thioether (sulfide) groups is 1. The van der Waals surface area contributed by atoms with Crippen molar-refractivity contribution < 1.29 is 0 Å². The van der Waals surface area contributed by atoms with E-state index in [-0.39, 0.29) is 6.04 Å². The quantitative estimate of drug-likeness (QED) is 0.828. The van der Waals surface area contributed by atoms with Crippen LogP contribution in [0.1, 0.15) is 37.7 Å². The highest BCUT2D eigenvalue weighted by Gasteiger charge is 2.12. The van der Waals surface area contributed by atoms with E-state index in [1.54, 1.807) is 12.4 Å².